The highest BCUT2D eigenvalue weighted by Gasteiger charge is 2.36. The molecular formula is C12H15NO4S. The number of carbonyl (C=O) groups excluding carboxylic acids is 1. The maximum atomic E-state index is 12.0. The van der Waals surface area contributed by atoms with Crippen molar-refractivity contribution in [2.75, 3.05) is 6.61 Å². The normalized spacial score (nSPS) is 15.4. The molecule has 0 aliphatic heterocycles. The molecule has 18 heavy (non-hydrogen) atoms. The van der Waals surface area contributed by atoms with Gasteiger partial charge in [-0.25, -0.2) is 8.42 Å². The lowest BCUT2D eigenvalue weighted by molar-refractivity contribution is -0.142. The Labute approximate surface area is 106 Å². The number of sulfone groups is 1. The van der Waals surface area contributed by atoms with Crippen molar-refractivity contribution < 1.29 is 17.9 Å². The van der Waals surface area contributed by atoms with Gasteiger partial charge in [-0.3, -0.25) is 9.78 Å². The third-order valence-electron chi connectivity index (χ3n) is 2.71. The number of esters is 1. The van der Waals surface area contributed by atoms with E-state index < -0.39 is 15.8 Å². The van der Waals surface area contributed by atoms with Crippen LogP contribution in [0.25, 0.3) is 0 Å². The molecular weight excluding hydrogens is 254 g/mol. The number of nitrogens with zero attached hydrogens (tertiary/aromatic N) is 1. The SMILES string of the molecule is CCOC(=O)Cc1cc(S(=O)(=O)C2CC2)ccn1. The Hall–Kier alpha value is -1.43. The van der Waals surface area contributed by atoms with E-state index in [0.717, 1.165) is 12.8 Å². The van der Waals surface area contributed by atoms with Crippen LogP contribution in [0.5, 0.6) is 0 Å². The minimum atomic E-state index is -3.23. The summed E-state index contributed by atoms with van der Waals surface area (Å²) < 4.78 is 28.8. The van der Waals surface area contributed by atoms with Crippen LogP contribution >= 0.6 is 0 Å². The van der Waals surface area contributed by atoms with Crippen molar-refractivity contribution in [2.45, 2.75) is 36.3 Å². The van der Waals surface area contributed by atoms with E-state index in [-0.39, 0.29) is 16.6 Å². The molecule has 0 unspecified atom stereocenters. The van der Waals surface area contributed by atoms with E-state index in [2.05, 4.69) is 4.98 Å². The molecule has 0 atom stereocenters. The molecule has 0 aromatic carbocycles. The van der Waals surface area contributed by atoms with Gasteiger partial charge < -0.3 is 4.74 Å². The van der Waals surface area contributed by atoms with Gasteiger partial charge in [-0.05, 0) is 31.9 Å². The van der Waals surface area contributed by atoms with Gasteiger partial charge in [0.25, 0.3) is 0 Å². The Morgan fingerprint density at radius 2 is 2.22 bits per heavy atom. The van der Waals surface area contributed by atoms with Gasteiger partial charge >= 0.3 is 5.97 Å². The molecule has 0 amide bonds. The highest BCUT2D eigenvalue weighted by atomic mass is 32.2. The number of carbonyl (C=O) groups is 1. The maximum Gasteiger partial charge on any atom is 0.311 e. The highest BCUT2D eigenvalue weighted by Crippen LogP contribution is 2.33. The van der Waals surface area contributed by atoms with Crippen LogP contribution in [0.15, 0.2) is 23.2 Å². The molecule has 1 saturated carbocycles. The molecule has 6 heteroatoms. The minimum Gasteiger partial charge on any atom is -0.466 e. The van der Waals surface area contributed by atoms with Crippen molar-refractivity contribution in [3.63, 3.8) is 0 Å². The van der Waals surface area contributed by atoms with Crippen LogP contribution in [0.3, 0.4) is 0 Å². The number of pyridine rings is 1. The van der Waals surface area contributed by atoms with Crippen LogP contribution in [0, 0.1) is 0 Å². The topological polar surface area (TPSA) is 73.3 Å². The fourth-order valence-electron chi connectivity index (χ4n) is 1.66. The van der Waals surface area contributed by atoms with Crippen LogP contribution in [-0.4, -0.2) is 31.2 Å². The summed E-state index contributed by atoms with van der Waals surface area (Å²) in [5.41, 5.74) is 0.426. The summed E-state index contributed by atoms with van der Waals surface area (Å²) in [6.45, 7) is 2.03. The monoisotopic (exact) mass is 269 g/mol. The summed E-state index contributed by atoms with van der Waals surface area (Å²) in [5, 5.41) is -0.254. The van der Waals surface area contributed by atoms with Crippen molar-refractivity contribution in [3.8, 4) is 0 Å². The Kier molecular flexibility index (Phi) is 3.65. The molecule has 0 N–H and O–H groups in total. The van der Waals surface area contributed by atoms with E-state index in [1.807, 2.05) is 0 Å². The first-order valence-corrected chi connectivity index (χ1v) is 7.43. The van der Waals surface area contributed by atoms with Crippen molar-refractivity contribution in [3.05, 3.63) is 24.0 Å². The smallest absolute Gasteiger partial charge is 0.311 e. The van der Waals surface area contributed by atoms with Crippen LogP contribution < -0.4 is 0 Å². The summed E-state index contributed by atoms with van der Waals surface area (Å²) in [5.74, 6) is -0.397. The van der Waals surface area contributed by atoms with Gasteiger partial charge in [0.1, 0.15) is 0 Å². The second kappa shape index (κ2) is 5.06. The number of rotatable bonds is 5. The molecule has 1 aromatic heterocycles. The molecule has 0 radical (unpaired) electrons. The van der Waals surface area contributed by atoms with Crippen molar-refractivity contribution in [1.82, 2.24) is 4.98 Å². The predicted molar refractivity (Wildman–Crippen MR) is 64.8 cm³/mol. The number of aromatic nitrogens is 1. The second-order valence-electron chi connectivity index (χ2n) is 4.21. The Morgan fingerprint density at radius 1 is 1.50 bits per heavy atom. The third-order valence-corrected chi connectivity index (χ3v) is 4.97. The van der Waals surface area contributed by atoms with E-state index in [9.17, 15) is 13.2 Å². The first kappa shape index (κ1) is 13.0. The zero-order chi connectivity index (χ0) is 13.2. The zero-order valence-corrected chi connectivity index (χ0v) is 10.9. The fraction of sp³-hybridized carbons (Fsp3) is 0.500. The quantitative estimate of drug-likeness (QED) is 0.749. The summed E-state index contributed by atoms with van der Waals surface area (Å²) >= 11 is 0. The van der Waals surface area contributed by atoms with E-state index >= 15 is 0 Å². The molecule has 0 bridgehead atoms. The standard InChI is InChI=1S/C12H15NO4S/c1-2-17-12(14)8-9-7-11(5-6-13-9)18(15,16)10-3-4-10/h5-7,10H,2-4,8H2,1H3. The van der Waals surface area contributed by atoms with Crippen LogP contribution in [-0.2, 0) is 25.8 Å². The molecule has 1 aliphatic carbocycles. The zero-order valence-electron chi connectivity index (χ0n) is 10.1. The van der Waals surface area contributed by atoms with Crippen LogP contribution in [0.1, 0.15) is 25.5 Å². The van der Waals surface area contributed by atoms with Crippen molar-refractivity contribution in [1.29, 1.82) is 0 Å². The molecule has 0 spiro atoms. The first-order valence-electron chi connectivity index (χ1n) is 5.88. The summed E-state index contributed by atoms with van der Waals surface area (Å²) in [6.07, 6.45) is 2.86. The highest BCUT2D eigenvalue weighted by molar-refractivity contribution is 7.92. The van der Waals surface area contributed by atoms with Gasteiger partial charge in [0, 0.05) is 6.20 Å². The number of hydrogen-bond donors (Lipinski definition) is 0. The Bertz CT molecular complexity index is 549. The van der Waals surface area contributed by atoms with Gasteiger partial charge in [-0.1, -0.05) is 0 Å². The molecule has 1 aliphatic rings. The average molecular weight is 269 g/mol. The summed E-state index contributed by atoms with van der Waals surface area (Å²) in [6, 6.07) is 2.94. The average Bonchev–Trinajstić information content (AvgIpc) is 3.13. The van der Waals surface area contributed by atoms with E-state index in [0.29, 0.717) is 12.3 Å². The number of ether oxygens (including phenoxy) is 1. The lowest BCUT2D eigenvalue weighted by Crippen LogP contribution is -2.11. The fourth-order valence-corrected chi connectivity index (χ4v) is 3.35. The third kappa shape index (κ3) is 2.87. The molecule has 0 saturated heterocycles. The molecule has 1 aromatic rings. The van der Waals surface area contributed by atoms with Crippen LogP contribution in [0.4, 0.5) is 0 Å². The lowest BCUT2D eigenvalue weighted by Gasteiger charge is -2.05. The van der Waals surface area contributed by atoms with Gasteiger partial charge in [0.05, 0.1) is 28.9 Å². The first-order chi connectivity index (χ1) is 8.54. The lowest BCUT2D eigenvalue weighted by atomic mass is 10.3. The Morgan fingerprint density at radius 3 is 2.83 bits per heavy atom. The summed E-state index contributed by atoms with van der Waals surface area (Å²) in [4.78, 5) is 15.5. The van der Waals surface area contributed by atoms with E-state index in [4.69, 9.17) is 4.74 Å². The molecule has 2 rings (SSSR count). The molecule has 1 fully saturated rings. The minimum absolute atomic E-state index is 0.00185. The van der Waals surface area contributed by atoms with Gasteiger partial charge in [-0.15, -0.1) is 0 Å². The van der Waals surface area contributed by atoms with E-state index in [1.165, 1.54) is 18.3 Å². The van der Waals surface area contributed by atoms with Gasteiger partial charge in [0.15, 0.2) is 9.84 Å². The number of hydrogen-bond acceptors (Lipinski definition) is 5. The summed E-state index contributed by atoms with van der Waals surface area (Å²) in [7, 11) is -3.23. The van der Waals surface area contributed by atoms with Gasteiger partial charge in [0.2, 0.25) is 0 Å². The van der Waals surface area contributed by atoms with Crippen LogP contribution in [0.2, 0.25) is 0 Å². The van der Waals surface area contributed by atoms with Crippen molar-refractivity contribution >= 4 is 15.8 Å². The van der Waals surface area contributed by atoms with Crippen molar-refractivity contribution in [2.24, 2.45) is 0 Å². The second-order valence-corrected chi connectivity index (χ2v) is 6.44. The molecule has 1 heterocycles. The van der Waals surface area contributed by atoms with E-state index in [1.54, 1.807) is 6.92 Å². The predicted octanol–water partition coefficient (Wildman–Crippen LogP) is 1.12. The molecule has 98 valence electrons. The van der Waals surface area contributed by atoms with Gasteiger partial charge in [-0.2, -0.15) is 0 Å². The Balaban J connectivity index is 2.17. The largest absolute Gasteiger partial charge is 0.466 e. The maximum absolute atomic E-state index is 12.0. The molecule has 5 nitrogen and oxygen atoms in total.